The largest absolute Gasteiger partial charge is 0.508 e. The number of hydrogen-bond donors (Lipinski definition) is 1. The molecule has 3 aromatic rings. The van der Waals surface area contributed by atoms with Gasteiger partial charge in [0, 0.05) is 16.1 Å². The van der Waals surface area contributed by atoms with Crippen LogP contribution in [0.4, 0.5) is 23.7 Å². The Kier molecular flexibility index (Phi) is 6.50. The van der Waals surface area contributed by atoms with E-state index >= 15 is 0 Å². The van der Waals surface area contributed by atoms with Crippen molar-refractivity contribution >= 4 is 23.1 Å². The maximum absolute atomic E-state index is 12.9. The maximum Gasteiger partial charge on any atom is 0.416 e. The number of aromatic hydroxyl groups is 1. The molecule has 0 saturated carbocycles. The molecule has 0 aliphatic carbocycles. The van der Waals surface area contributed by atoms with Crippen LogP contribution < -0.4 is 4.90 Å². The smallest absolute Gasteiger partial charge is 0.416 e. The Morgan fingerprint density at radius 3 is 2.19 bits per heavy atom. The molecule has 0 bridgehead atoms. The summed E-state index contributed by atoms with van der Waals surface area (Å²) in [6, 6.07) is 11.0. The van der Waals surface area contributed by atoms with E-state index in [-0.39, 0.29) is 12.3 Å². The van der Waals surface area contributed by atoms with Gasteiger partial charge in [-0.05, 0) is 64.1 Å². The van der Waals surface area contributed by atoms with Crippen LogP contribution in [0.1, 0.15) is 36.9 Å². The second-order valence-electron chi connectivity index (χ2n) is 8.19. The van der Waals surface area contributed by atoms with E-state index in [1.807, 2.05) is 0 Å². The number of alkyl halides is 3. The van der Waals surface area contributed by atoms with E-state index in [1.165, 1.54) is 40.5 Å². The molecule has 0 atom stereocenters. The van der Waals surface area contributed by atoms with Crippen LogP contribution in [0.2, 0.25) is 0 Å². The number of amides is 1. The highest BCUT2D eigenvalue weighted by Crippen LogP contribution is 2.34. The Morgan fingerprint density at radius 1 is 1.06 bits per heavy atom. The third-order valence-corrected chi connectivity index (χ3v) is 5.62. The van der Waals surface area contributed by atoms with Crippen molar-refractivity contribution < 1.29 is 27.8 Å². The summed E-state index contributed by atoms with van der Waals surface area (Å²) in [7, 11) is 0. The second-order valence-corrected chi connectivity index (χ2v) is 9.27. The molecular weight excluding hydrogens is 441 g/mol. The van der Waals surface area contributed by atoms with E-state index in [2.05, 4.69) is 4.98 Å². The van der Waals surface area contributed by atoms with Crippen LogP contribution in [-0.2, 0) is 17.5 Å². The highest BCUT2D eigenvalue weighted by atomic mass is 32.1. The van der Waals surface area contributed by atoms with Crippen molar-refractivity contribution in [2.75, 3.05) is 4.90 Å². The van der Waals surface area contributed by atoms with Gasteiger partial charge in [-0.25, -0.2) is 9.78 Å². The minimum Gasteiger partial charge on any atom is -0.508 e. The summed E-state index contributed by atoms with van der Waals surface area (Å²) < 4.78 is 44.0. The van der Waals surface area contributed by atoms with Gasteiger partial charge in [-0.2, -0.15) is 13.2 Å². The summed E-state index contributed by atoms with van der Waals surface area (Å²) in [6.45, 7) is 7.23. The van der Waals surface area contributed by atoms with Gasteiger partial charge in [0.1, 0.15) is 16.4 Å². The first-order valence-electron chi connectivity index (χ1n) is 9.77. The fraction of sp³-hybridized carbons (Fsp3) is 0.304. The van der Waals surface area contributed by atoms with Crippen LogP contribution in [-0.4, -0.2) is 21.8 Å². The van der Waals surface area contributed by atoms with E-state index in [4.69, 9.17) is 4.74 Å². The average molecular weight is 465 g/mol. The first-order valence-corrected chi connectivity index (χ1v) is 10.6. The molecular formula is C23H23F3N2O3S. The van der Waals surface area contributed by atoms with Gasteiger partial charge in [-0.1, -0.05) is 12.1 Å². The van der Waals surface area contributed by atoms with E-state index < -0.39 is 23.4 Å². The topological polar surface area (TPSA) is 62.7 Å². The van der Waals surface area contributed by atoms with Crippen LogP contribution in [0.5, 0.6) is 5.75 Å². The molecule has 1 aromatic heterocycles. The molecule has 0 aliphatic rings. The number of rotatable bonds is 4. The number of phenols is 1. The molecule has 170 valence electrons. The lowest BCUT2D eigenvalue weighted by molar-refractivity contribution is -0.137. The number of hydrogen-bond acceptors (Lipinski definition) is 5. The lowest BCUT2D eigenvalue weighted by Crippen LogP contribution is -2.36. The van der Waals surface area contributed by atoms with Crippen LogP contribution >= 0.6 is 11.3 Å². The minimum absolute atomic E-state index is 0.0662. The Morgan fingerprint density at radius 2 is 1.66 bits per heavy atom. The molecule has 0 aliphatic heterocycles. The second kappa shape index (κ2) is 8.82. The minimum atomic E-state index is -4.40. The van der Waals surface area contributed by atoms with E-state index in [0.29, 0.717) is 22.0 Å². The van der Waals surface area contributed by atoms with Crippen molar-refractivity contribution in [3.63, 3.8) is 0 Å². The van der Waals surface area contributed by atoms with E-state index in [9.17, 15) is 23.1 Å². The molecule has 0 radical (unpaired) electrons. The normalized spacial score (nSPS) is 12.0. The summed E-state index contributed by atoms with van der Waals surface area (Å²) in [5, 5.41) is 10.1. The molecule has 0 saturated heterocycles. The molecule has 32 heavy (non-hydrogen) atoms. The van der Waals surface area contributed by atoms with Crippen molar-refractivity contribution in [3.8, 4) is 16.3 Å². The zero-order chi connectivity index (χ0) is 23.7. The van der Waals surface area contributed by atoms with Crippen molar-refractivity contribution in [2.45, 2.75) is 46.0 Å². The molecule has 0 unspecified atom stereocenters. The Labute approximate surface area is 188 Å². The van der Waals surface area contributed by atoms with Crippen LogP contribution in [0.25, 0.3) is 10.6 Å². The molecule has 1 heterocycles. The number of benzene rings is 2. The summed E-state index contributed by atoms with van der Waals surface area (Å²) in [5.41, 5.74) is 0.322. The summed E-state index contributed by atoms with van der Waals surface area (Å²) in [4.78, 5) is 19.6. The van der Waals surface area contributed by atoms with E-state index in [0.717, 1.165) is 17.0 Å². The van der Waals surface area contributed by atoms with E-state index in [1.54, 1.807) is 39.8 Å². The van der Waals surface area contributed by atoms with Crippen LogP contribution in [0, 0.1) is 6.92 Å². The number of anilines is 1. The number of phenolic OH excluding ortho intramolecular Hbond substituents is 1. The summed E-state index contributed by atoms with van der Waals surface area (Å²) in [5.74, 6) is 0.0662. The van der Waals surface area contributed by atoms with Crippen molar-refractivity contribution in [1.29, 1.82) is 0 Å². The number of thiazole rings is 1. The van der Waals surface area contributed by atoms with Gasteiger partial charge < -0.3 is 9.84 Å². The number of carbonyl (C=O) groups excluding carboxylic acids is 1. The van der Waals surface area contributed by atoms with Crippen molar-refractivity contribution in [2.24, 2.45) is 0 Å². The highest BCUT2D eigenvalue weighted by Gasteiger charge is 2.30. The highest BCUT2D eigenvalue weighted by molar-refractivity contribution is 7.15. The fourth-order valence-electron chi connectivity index (χ4n) is 2.85. The first-order chi connectivity index (χ1) is 14.8. The third-order valence-electron chi connectivity index (χ3n) is 4.43. The molecule has 1 N–H and O–H groups in total. The monoisotopic (exact) mass is 464 g/mol. The number of aromatic nitrogens is 1. The van der Waals surface area contributed by atoms with Crippen LogP contribution in [0.15, 0.2) is 48.5 Å². The van der Waals surface area contributed by atoms with Gasteiger partial charge in [-0.15, -0.1) is 11.3 Å². The molecule has 0 spiro atoms. The lowest BCUT2D eigenvalue weighted by atomic mass is 10.1. The molecule has 9 heteroatoms. The Hall–Kier alpha value is -3.07. The first kappa shape index (κ1) is 23.6. The molecule has 3 rings (SSSR count). The number of ether oxygens (including phenoxy) is 1. The average Bonchev–Trinajstić information content (AvgIpc) is 3.05. The van der Waals surface area contributed by atoms with Gasteiger partial charge in [0.15, 0.2) is 0 Å². The quantitative estimate of drug-likeness (QED) is 0.462. The third kappa shape index (κ3) is 5.79. The Bertz CT molecular complexity index is 1090. The van der Waals surface area contributed by atoms with Crippen LogP contribution in [0.3, 0.4) is 0 Å². The molecule has 0 fully saturated rings. The molecule has 2 aromatic carbocycles. The zero-order valence-corrected chi connectivity index (χ0v) is 18.8. The standard InChI is InChI=1S/C23H23F3N2O3S/c1-14-19(32-20(27-14)15-5-7-16(8-6-15)23(24,25)26)13-28(21(30)31-22(2,3)4)17-9-11-18(29)12-10-17/h5-12,29H,13H2,1-4H3. The maximum atomic E-state index is 12.9. The number of carbonyl (C=O) groups is 1. The SMILES string of the molecule is Cc1nc(-c2ccc(C(F)(F)F)cc2)sc1CN(C(=O)OC(C)(C)C)c1ccc(O)cc1. The zero-order valence-electron chi connectivity index (χ0n) is 18.0. The van der Waals surface area contributed by atoms with Crippen molar-refractivity contribution in [3.05, 3.63) is 64.7 Å². The predicted octanol–water partition coefficient (Wildman–Crippen LogP) is 6.78. The van der Waals surface area contributed by atoms with Crippen molar-refractivity contribution in [1.82, 2.24) is 4.98 Å². The van der Waals surface area contributed by atoms with Gasteiger partial charge in [0.2, 0.25) is 0 Å². The summed E-state index contributed by atoms with van der Waals surface area (Å²) >= 11 is 1.30. The van der Waals surface area contributed by atoms with Gasteiger partial charge in [-0.3, -0.25) is 4.90 Å². The Balaban J connectivity index is 1.90. The fourth-order valence-corrected chi connectivity index (χ4v) is 3.91. The van der Waals surface area contributed by atoms with Gasteiger partial charge >= 0.3 is 12.3 Å². The number of halogens is 3. The molecule has 1 amide bonds. The number of aryl methyl sites for hydroxylation is 1. The van der Waals surface area contributed by atoms with Gasteiger partial charge in [0.25, 0.3) is 0 Å². The molecule has 5 nitrogen and oxygen atoms in total. The summed E-state index contributed by atoms with van der Waals surface area (Å²) in [6.07, 6.45) is -4.97. The lowest BCUT2D eigenvalue weighted by Gasteiger charge is -2.27. The van der Waals surface area contributed by atoms with Gasteiger partial charge in [0.05, 0.1) is 17.8 Å². The predicted molar refractivity (Wildman–Crippen MR) is 118 cm³/mol. The number of nitrogens with zero attached hydrogens (tertiary/aromatic N) is 2.